The number of nitrogen functional groups attached to an aromatic ring is 1. The highest BCUT2D eigenvalue weighted by Gasteiger charge is 2.17. The summed E-state index contributed by atoms with van der Waals surface area (Å²) < 4.78 is 26.1. The number of aliphatic hydroxyl groups excluding tert-OH is 1. The summed E-state index contributed by atoms with van der Waals surface area (Å²) in [5, 5.41) is 9.47. The molecule has 0 amide bonds. The maximum absolute atomic E-state index is 11.9. The predicted molar refractivity (Wildman–Crippen MR) is 67.0 cm³/mol. The van der Waals surface area contributed by atoms with E-state index in [0.29, 0.717) is 6.42 Å². The zero-order valence-corrected chi connectivity index (χ0v) is 10.6. The van der Waals surface area contributed by atoms with Crippen LogP contribution in [-0.2, 0) is 10.0 Å². The lowest BCUT2D eigenvalue weighted by Gasteiger charge is -2.12. The van der Waals surface area contributed by atoms with E-state index in [1.165, 1.54) is 12.1 Å². The fraction of sp³-hybridized carbons (Fsp3) is 0.455. The smallest absolute Gasteiger partial charge is 0.242 e. The summed E-state index contributed by atoms with van der Waals surface area (Å²) in [5.74, 6) is 0. The van der Waals surface area contributed by atoms with E-state index in [4.69, 9.17) is 5.73 Å². The molecule has 6 heteroatoms. The third kappa shape index (κ3) is 3.99. The minimum Gasteiger partial charge on any atom is -0.398 e. The molecule has 0 radical (unpaired) electrons. The Kier molecular flexibility index (Phi) is 4.92. The van der Waals surface area contributed by atoms with Crippen molar-refractivity contribution in [2.24, 2.45) is 0 Å². The lowest BCUT2D eigenvalue weighted by Crippen LogP contribution is -2.32. The van der Waals surface area contributed by atoms with Crippen molar-refractivity contribution in [1.82, 2.24) is 4.72 Å². The molecule has 0 aliphatic carbocycles. The molecule has 96 valence electrons. The second kappa shape index (κ2) is 6.00. The van der Waals surface area contributed by atoms with E-state index in [1.54, 1.807) is 12.1 Å². The van der Waals surface area contributed by atoms with Crippen molar-refractivity contribution >= 4 is 15.7 Å². The van der Waals surface area contributed by atoms with Crippen LogP contribution in [0.3, 0.4) is 0 Å². The van der Waals surface area contributed by atoms with Crippen molar-refractivity contribution in [3.63, 3.8) is 0 Å². The molecule has 1 aromatic carbocycles. The third-order valence-electron chi connectivity index (χ3n) is 2.34. The van der Waals surface area contributed by atoms with Gasteiger partial charge in [0.05, 0.1) is 11.8 Å². The van der Waals surface area contributed by atoms with E-state index in [2.05, 4.69) is 4.72 Å². The molecule has 5 nitrogen and oxygen atoms in total. The molecule has 0 spiro atoms. The number of rotatable bonds is 6. The van der Waals surface area contributed by atoms with Crippen molar-refractivity contribution < 1.29 is 13.5 Å². The number of nitrogens with one attached hydrogen (secondary N) is 1. The summed E-state index contributed by atoms with van der Waals surface area (Å²) in [6.07, 6.45) is 0.697. The first-order valence-electron chi connectivity index (χ1n) is 5.49. The minimum absolute atomic E-state index is 0.00447. The predicted octanol–water partition coefficient (Wildman–Crippen LogP) is 0.708. The maximum Gasteiger partial charge on any atom is 0.242 e. The number of aliphatic hydroxyl groups is 1. The Labute approximate surface area is 102 Å². The van der Waals surface area contributed by atoms with Gasteiger partial charge < -0.3 is 10.8 Å². The number of hydrogen-bond acceptors (Lipinski definition) is 4. The van der Waals surface area contributed by atoms with Crippen LogP contribution in [-0.4, -0.2) is 26.2 Å². The summed E-state index contributed by atoms with van der Waals surface area (Å²) in [7, 11) is -3.64. The summed E-state index contributed by atoms with van der Waals surface area (Å²) in [6.45, 7) is 1.93. The van der Waals surface area contributed by atoms with Crippen LogP contribution in [0.15, 0.2) is 29.2 Å². The quantitative estimate of drug-likeness (QED) is 0.655. The van der Waals surface area contributed by atoms with E-state index < -0.39 is 16.1 Å². The molecule has 0 saturated heterocycles. The van der Waals surface area contributed by atoms with Gasteiger partial charge in [0.2, 0.25) is 10.0 Å². The van der Waals surface area contributed by atoms with Crippen LogP contribution in [0, 0.1) is 0 Å². The molecule has 1 aromatic rings. The number of para-hydroxylation sites is 1. The van der Waals surface area contributed by atoms with Gasteiger partial charge in [-0.15, -0.1) is 0 Å². The van der Waals surface area contributed by atoms with Crippen LogP contribution in [0.4, 0.5) is 5.69 Å². The van der Waals surface area contributed by atoms with Gasteiger partial charge in [0.15, 0.2) is 0 Å². The third-order valence-corrected chi connectivity index (χ3v) is 3.84. The number of hydrogen-bond donors (Lipinski definition) is 3. The molecule has 0 aromatic heterocycles. The van der Waals surface area contributed by atoms with E-state index in [9.17, 15) is 13.5 Å². The van der Waals surface area contributed by atoms with Crippen molar-refractivity contribution in [3.8, 4) is 0 Å². The van der Waals surface area contributed by atoms with Crippen LogP contribution >= 0.6 is 0 Å². The molecular weight excluding hydrogens is 240 g/mol. The van der Waals surface area contributed by atoms with Gasteiger partial charge in [-0.3, -0.25) is 0 Å². The second-order valence-electron chi connectivity index (χ2n) is 3.83. The first-order chi connectivity index (χ1) is 7.97. The van der Waals surface area contributed by atoms with Crippen LogP contribution in [0.2, 0.25) is 0 Å². The second-order valence-corrected chi connectivity index (χ2v) is 5.57. The SMILES string of the molecule is CCCC(O)CNS(=O)(=O)c1ccccc1N. The van der Waals surface area contributed by atoms with Crippen molar-refractivity contribution in [1.29, 1.82) is 0 Å². The van der Waals surface area contributed by atoms with Gasteiger partial charge in [0.1, 0.15) is 4.90 Å². The first-order valence-corrected chi connectivity index (χ1v) is 6.98. The van der Waals surface area contributed by atoms with Gasteiger partial charge in [-0.2, -0.15) is 0 Å². The monoisotopic (exact) mass is 258 g/mol. The maximum atomic E-state index is 11.9. The van der Waals surface area contributed by atoms with E-state index in [0.717, 1.165) is 6.42 Å². The molecule has 0 heterocycles. The summed E-state index contributed by atoms with van der Waals surface area (Å²) in [4.78, 5) is 0.0451. The van der Waals surface area contributed by atoms with Crippen LogP contribution in [0.5, 0.6) is 0 Å². The topological polar surface area (TPSA) is 92.4 Å². The minimum atomic E-state index is -3.64. The fourth-order valence-electron chi connectivity index (χ4n) is 1.44. The van der Waals surface area contributed by atoms with Crippen molar-refractivity contribution in [3.05, 3.63) is 24.3 Å². The Hall–Kier alpha value is -1.11. The Balaban J connectivity index is 2.73. The molecule has 1 atom stereocenters. The van der Waals surface area contributed by atoms with Gasteiger partial charge in [0.25, 0.3) is 0 Å². The van der Waals surface area contributed by atoms with Crippen molar-refractivity contribution in [2.45, 2.75) is 30.8 Å². The molecule has 0 aliphatic heterocycles. The fourth-order valence-corrected chi connectivity index (χ4v) is 2.65. The summed E-state index contributed by atoms with van der Waals surface area (Å²) in [5.41, 5.74) is 5.79. The molecule has 0 bridgehead atoms. The molecule has 1 unspecified atom stereocenters. The van der Waals surface area contributed by atoms with Crippen LogP contribution in [0.1, 0.15) is 19.8 Å². The van der Waals surface area contributed by atoms with Gasteiger partial charge in [-0.1, -0.05) is 25.5 Å². The van der Waals surface area contributed by atoms with Crippen LogP contribution < -0.4 is 10.5 Å². The molecule has 0 aliphatic rings. The lowest BCUT2D eigenvalue weighted by molar-refractivity contribution is 0.167. The normalized spacial score (nSPS) is 13.5. The molecule has 0 fully saturated rings. The van der Waals surface area contributed by atoms with Gasteiger partial charge in [-0.05, 0) is 18.6 Å². The number of benzene rings is 1. The van der Waals surface area contributed by atoms with Gasteiger partial charge in [0, 0.05) is 6.54 Å². The Bertz CT molecular complexity index is 460. The highest BCUT2D eigenvalue weighted by molar-refractivity contribution is 7.89. The van der Waals surface area contributed by atoms with Gasteiger partial charge >= 0.3 is 0 Å². The zero-order chi connectivity index (χ0) is 12.9. The number of sulfonamides is 1. The average Bonchev–Trinajstić information content (AvgIpc) is 2.27. The van der Waals surface area contributed by atoms with E-state index in [-0.39, 0.29) is 17.1 Å². The summed E-state index contributed by atoms with van der Waals surface area (Å²) >= 11 is 0. The Morgan fingerprint density at radius 3 is 2.65 bits per heavy atom. The number of nitrogens with two attached hydrogens (primary N) is 1. The molecule has 17 heavy (non-hydrogen) atoms. The average molecular weight is 258 g/mol. The molecule has 1 rings (SSSR count). The van der Waals surface area contributed by atoms with Crippen LogP contribution in [0.25, 0.3) is 0 Å². The lowest BCUT2D eigenvalue weighted by atomic mass is 10.2. The standard InChI is InChI=1S/C11H18N2O3S/c1-2-5-9(14)8-13-17(15,16)11-7-4-3-6-10(11)12/h3-4,6-7,9,13-14H,2,5,8,12H2,1H3. The first kappa shape index (κ1) is 14.0. The Morgan fingerprint density at radius 2 is 2.06 bits per heavy atom. The molecule has 0 saturated carbocycles. The highest BCUT2D eigenvalue weighted by atomic mass is 32.2. The largest absolute Gasteiger partial charge is 0.398 e. The van der Waals surface area contributed by atoms with E-state index in [1.807, 2.05) is 6.92 Å². The Morgan fingerprint density at radius 1 is 1.41 bits per heavy atom. The molecule has 4 N–H and O–H groups in total. The molecular formula is C11H18N2O3S. The van der Waals surface area contributed by atoms with E-state index >= 15 is 0 Å². The zero-order valence-electron chi connectivity index (χ0n) is 9.76. The highest BCUT2D eigenvalue weighted by Crippen LogP contribution is 2.16. The number of anilines is 1. The van der Waals surface area contributed by atoms with Gasteiger partial charge in [-0.25, -0.2) is 13.1 Å². The summed E-state index contributed by atoms with van der Waals surface area (Å²) in [6, 6.07) is 6.23. The van der Waals surface area contributed by atoms with Crippen molar-refractivity contribution in [2.75, 3.05) is 12.3 Å².